The molecule has 0 amide bonds. The van der Waals surface area contributed by atoms with E-state index in [1.807, 2.05) is 99.8 Å². The molecule has 1 aliphatic heterocycles. The van der Waals surface area contributed by atoms with Crippen molar-refractivity contribution >= 4 is 11.8 Å². The van der Waals surface area contributed by atoms with Crippen LogP contribution in [0.15, 0.2) is 85.6 Å². The molecule has 4 aromatic rings. The number of hydrogen-bond acceptors (Lipinski definition) is 3. The third-order valence-corrected chi connectivity index (χ3v) is 4.97. The number of pyridine rings is 2. The standard InChI is InChI=1S/C25H22N6O/c1-28-10-12-30(18-28)24-15-22(16-25(27-24)31-13-11-29(2)19-31)32-17-20-8-9-26-23(14-20)21-6-4-3-5-7-21/h3-16H,17H2,1-2H3/q+2. The molecule has 0 spiro atoms. The third kappa shape index (κ3) is 4.24. The normalized spacial score (nSPS) is 12.6. The zero-order valence-corrected chi connectivity index (χ0v) is 17.9. The molecule has 0 aliphatic carbocycles. The molecule has 4 heterocycles. The zero-order chi connectivity index (χ0) is 21.9. The van der Waals surface area contributed by atoms with Gasteiger partial charge in [0.05, 0.1) is 18.8 Å². The number of rotatable bonds is 6. The van der Waals surface area contributed by atoms with Gasteiger partial charge in [0.15, 0.2) is 12.9 Å². The Morgan fingerprint density at radius 2 is 1.94 bits per heavy atom. The summed E-state index contributed by atoms with van der Waals surface area (Å²) in [6, 6.07) is 21.1. The zero-order valence-electron chi connectivity index (χ0n) is 17.9. The highest BCUT2D eigenvalue weighted by Gasteiger charge is 2.20. The van der Waals surface area contributed by atoms with Gasteiger partial charge in [0, 0.05) is 30.2 Å². The second-order valence-corrected chi connectivity index (χ2v) is 7.48. The van der Waals surface area contributed by atoms with Crippen LogP contribution >= 0.6 is 0 Å². The molecule has 0 saturated heterocycles. The predicted octanol–water partition coefficient (Wildman–Crippen LogP) is 3.08. The van der Waals surface area contributed by atoms with E-state index in [9.17, 15) is 0 Å². The SMILES string of the molecule is C[N+]1=C=[N+](c2cc(OCc3ccnc(-c4ccccc4)c3)cc(-n3[c-][n+](C)cc3)n2)C=C1. The Labute approximate surface area is 186 Å². The smallest absolute Gasteiger partial charge is 0.489 e. The molecule has 1 aromatic carbocycles. The highest BCUT2D eigenvalue weighted by molar-refractivity contribution is 5.59. The highest BCUT2D eigenvalue weighted by atomic mass is 16.5. The van der Waals surface area contributed by atoms with E-state index in [-0.39, 0.29) is 0 Å². The Hall–Kier alpha value is -4.35. The number of aryl methyl sites for hydroxylation is 1. The van der Waals surface area contributed by atoms with Crippen molar-refractivity contribution in [1.82, 2.24) is 14.5 Å². The number of benzene rings is 1. The van der Waals surface area contributed by atoms with Gasteiger partial charge < -0.3 is 13.9 Å². The lowest BCUT2D eigenvalue weighted by Crippen LogP contribution is -2.24. The largest absolute Gasteiger partial charge is 0.496 e. The lowest BCUT2D eigenvalue weighted by molar-refractivity contribution is -0.674. The predicted molar refractivity (Wildman–Crippen MR) is 118 cm³/mol. The maximum Gasteiger partial charge on any atom is 0.496 e. The topological polar surface area (TPSA) is 49.8 Å². The molecule has 5 rings (SSSR count). The Morgan fingerprint density at radius 3 is 2.69 bits per heavy atom. The van der Waals surface area contributed by atoms with Crippen LogP contribution in [0.3, 0.4) is 0 Å². The van der Waals surface area contributed by atoms with E-state index < -0.39 is 0 Å². The summed E-state index contributed by atoms with van der Waals surface area (Å²) < 4.78 is 13.5. The second-order valence-electron chi connectivity index (χ2n) is 7.48. The Kier molecular flexibility index (Phi) is 5.15. The molecule has 32 heavy (non-hydrogen) atoms. The van der Waals surface area contributed by atoms with Gasteiger partial charge in [-0.1, -0.05) is 34.9 Å². The van der Waals surface area contributed by atoms with E-state index >= 15 is 0 Å². The number of imidazole rings is 1. The van der Waals surface area contributed by atoms with Crippen LogP contribution in [0.1, 0.15) is 5.56 Å². The molecule has 7 nitrogen and oxygen atoms in total. The molecule has 0 saturated carbocycles. The third-order valence-electron chi connectivity index (χ3n) is 4.97. The summed E-state index contributed by atoms with van der Waals surface area (Å²) in [5.41, 5.74) is 3.04. The maximum absolute atomic E-state index is 6.19. The van der Waals surface area contributed by atoms with Gasteiger partial charge in [-0.05, 0) is 22.3 Å². The van der Waals surface area contributed by atoms with Gasteiger partial charge in [0.2, 0.25) is 12.5 Å². The molecule has 0 bridgehead atoms. The molecule has 0 atom stereocenters. The van der Waals surface area contributed by atoms with Crippen LogP contribution in [0.25, 0.3) is 17.1 Å². The molecule has 1 aliphatic rings. The molecular formula is C25H22N6O+2. The first kappa shape index (κ1) is 19.6. The van der Waals surface area contributed by atoms with Crippen LogP contribution in [0.2, 0.25) is 0 Å². The fourth-order valence-electron chi connectivity index (χ4n) is 3.37. The van der Waals surface area contributed by atoms with E-state index in [0.717, 1.165) is 16.8 Å². The Balaban J connectivity index is 1.45. The van der Waals surface area contributed by atoms with E-state index in [4.69, 9.17) is 9.72 Å². The van der Waals surface area contributed by atoms with Crippen LogP contribution in [-0.2, 0) is 13.7 Å². The minimum absolute atomic E-state index is 0.414. The van der Waals surface area contributed by atoms with E-state index in [1.165, 1.54) is 0 Å². The Morgan fingerprint density at radius 1 is 1.06 bits per heavy atom. The molecule has 7 heteroatoms. The summed E-state index contributed by atoms with van der Waals surface area (Å²) in [5, 5.41) is 0. The number of ether oxygens (including phenoxy) is 1. The summed E-state index contributed by atoms with van der Waals surface area (Å²) in [7, 11) is 3.84. The van der Waals surface area contributed by atoms with Gasteiger partial charge in [-0.25, -0.2) is 0 Å². The average molecular weight is 422 g/mol. The van der Waals surface area contributed by atoms with Crippen LogP contribution in [0.5, 0.6) is 5.75 Å². The van der Waals surface area contributed by atoms with Gasteiger partial charge in [-0.2, -0.15) is 4.98 Å². The molecule has 0 fully saturated rings. The summed E-state index contributed by atoms with van der Waals surface area (Å²) >= 11 is 0. The molecule has 0 radical (unpaired) electrons. The summed E-state index contributed by atoms with van der Waals surface area (Å²) in [4.78, 5) is 9.25. The van der Waals surface area contributed by atoms with Crippen molar-refractivity contribution in [2.45, 2.75) is 6.61 Å². The highest BCUT2D eigenvalue weighted by Crippen LogP contribution is 2.24. The minimum Gasteiger partial charge on any atom is -0.489 e. The summed E-state index contributed by atoms with van der Waals surface area (Å²) in [6.45, 7) is 0.414. The van der Waals surface area contributed by atoms with E-state index in [2.05, 4.69) is 35.5 Å². The van der Waals surface area contributed by atoms with Crippen molar-refractivity contribution < 1.29 is 18.5 Å². The van der Waals surface area contributed by atoms with Crippen molar-refractivity contribution in [3.8, 4) is 22.8 Å². The monoisotopic (exact) mass is 422 g/mol. The fourth-order valence-corrected chi connectivity index (χ4v) is 3.37. The van der Waals surface area contributed by atoms with Crippen molar-refractivity contribution in [3.63, 3.8) is 0 Å². The first-order valence-corrected chi connectivity index (χ1v) is 10.2. The average Bonchev–Trinajstić information content (AvgIpc) is 3.47. The molecule has 0 N–H and O–H groups in total. The van der Waals surface area contributed by atoms with Gasteiger partial charge in [0.25, 0.3) is 6.20 Å². The van der Waals surface area contributed by atoms with Crippen LogP contribution in [0.4, 0.5) is 5.82 Å². The lowest BCUT2D eigenvalue weighted by Gasteiger charge is -2.10. The van der Waals surface area contributed by atoms with Crippen molar-refractivity contribution in [3.05, 3.63) is 97.5 Å². The van der Waals surface area contributed by atoms with Crippen molar-refractivity contribution in [1.29, 1.82) is 0 Å². The summed E-state index contributed by atoms with van der Waals surface area (Å²) in [5.74, 6) is 2.13. The van der Waals surface area contributed by atoms with E-state index in [1.54, 1.807) is 0 Å². The van der Waals surface area contributed by atoms with Gasteiger partial charge in [-0.3, -0.25) is 4.98 Å². The molecule has 156 valence electrons. The van der Waals surface area contributed by atoms with Crippen LogP contribution in [0, 0.1) is 6.33 Å². The Bertz CT molecular complexity index is 1380. The van der Waals surface area contributed by atoms with Crippen LogP contribution < -0.4 is 9.30 Å². The molecule has 0 unspecified atom stereocenters. The first-order chi connectivity index (χ1) is 15.6. The lowest BCUT2D eigenvalue weighted by atomic mass is 10.1. The first-order valence-electron chi connectivity index (χ1n) is 10.2. The second kappa shape index (κ2) is 8.41. The van der Waals surface area contributed by atoms with Crippen molar-refractivity contribution in [2.75, 3.05) is 7.05 Å². The fraction of sp³-hybridized carbons (Fsp3) is 0.120. The number of hydrogen-bond donors (Lipinski definition) is 0. The van der Waals surface area contributed by atoms with Gasteiger partial charge in [0.1, 0.15) is 12.4 Å². The van der Waals surface area contributed by atoms with E-state index in [0.29, 0.717) is 24.0 Å². The number of nitrogens with zero attached hydrogens (tertiary/aromatic N) is 6. The van der Waals surface area contributed by atoms with Crippen LogP contribution in [-0.4, -0.2) is 36.7 Å². The van der Waals surface area contributed by atoms with Gasteiger partial charge in [-0.15, -0.1) is 0 Å². The molecular weight excluding hydrogens is 400 g/mol. The molecule has 3 aromatic heterocycles. The number of aromatic nitrogens is 4. The van der Waals surface area contributed by atoms with Gasteiger partial charge >= 0.3 is 11.8 Å². The van der Waals surface area contributed by atoms with Crippen molar-refractivity contribution in [2.24, 2.45) is 7.05 Å². The maximum atomic E-state index is 6.19. The quantitative estimate of drug-likeness (QED) is 0.354. The minimum atomic E-state index is 0.414. The summed E-state index contributed by atoms with van der Waals surface area (Å²) in [6.07, 6.45) is 12.6.